The van der Waals surface area contributed by atoms with Crippen LogP contribution in [0.4, 0.5) is 13.2 Å². The number of rotatable bonds is 4. The Kier molecular flexibility index (Phi) is 7.70. The molecule has 1 rings (SSSR count). The van der Waals surface area contributed by atoms with Crippen molar-refractivity contribution in [1.82, 2.24) is 0 Å². The van der Waals surface area contributed by atoms with Crippen molar-refractivity contribution >= 4 is 10.1 Å². The molecule has 0 aliphatic heterocycles. The number of benzene rings is 1. The lowest BCUT2D eigenvalue weighted by Crippen LogP contribution is -2.21. The second-order valence-corrected chi connectivity index (χ2v) is 5.28. The molecule has 0 saturated heterocycles. The number of hydrogen-bond donors (Lipinski definition) is 1. The molecule has 7 heteroatoms. The maximum Gasteiger partial charge on any atom is 0.522 e. The first-order valence-corrected chi connectivity index (χ1v) is 7.20. The molecule has 0 fully saturated rings. The summed E-state index contributed by atoms with van der Waals surface area (Å²) in [7, 11) is -5.84. The first-order valence-electron chi connectivity index (χ1n) is 5.76. The highest BCUT2D eigenvalue weighted by Gasteiger charge is 2.44. The minimum absolute atomic E-state index is 1.24. The Hall–Kier alpha value is -1.08. The van der Waals surface area contributed by atoms with Crippen LogP contribution in [0.2, 0.25) is 0 Å². The lowest BCUT2D eigenvalue weighted by atomic mass is 10.1. The van der Waals surface area contributed by atoms with Crippen molar-refractivity contribution < 1.29 is 26.1 Å². The van der Waals surface area contributed by atoms with Gasteiger partial charge in [0, 0.05) is 0 Å². The van der Waals surface area contributed by atoms with Gasteiger partial charge in [0.05, 0.1) is 0 Å². The van der Waals surface area contributed by atoms with Crippen LogP contribution in [0.15, 0.2) is 30.3 Å². The van der Waals surface area contributed by atoms with Gasteiger partial charge in [0.15, 0.2) is 0 Å². The molecule has 19 heavy (non-hydrogen) atoms. The highest BCUT2D eigenvalue weighted by Crippen LogP contribution is 2.20. The summed E-state index contributed by atoms with van der Waals surface area (Å²) in [4.78, 5) is 0. The van der Waals surface area contributed by atoms with Crippen LogP contribution < -0.4 is 0 Å². The maximum absolute atomic E-state index is 10.7. The third kappa shape index (κ3) is 8.61. The Morgan fingerprint density at radius 1 is 1.11 bits per heavy atom. The lowest BCUT2D eigenvalue weighted by molar-refractivity contribution is -0.0510. The molecule has 1 aromatic rings. The molecule has 1 aromatic carbocycles. The summed E-state index contributed by atoms with van der Waals surface area (Å²) in [5, 5.41) is 0. The van der Waals surface area contributed by atoms with E-state index in [1.165, 1.54) is 31.2 Å². The van der Waals surface area contributed by atoms with Gasteiger partial charge in [-0.1, -0.05) is 50.1 Å². The van der Waals surface area contributed by atoms with Crippen molar-refractivity contribution in [3.05, 3.63) is 35.9 Å². The molecule has 3 nitrogen and oxygen atoms in total. The average Bonchev–Trinajstić information content (AvgIpc) is 2.29. The molecule has 0 heterocycles. The molecular weight excluding hydrogens is 281 g/mol. The Labute approximate surface area is 111 Å². The van der Waals surface area contributed by atoms with E-state index < -0.39 is 15.6 Å². The van der Waals surface area contributed by atoms with Gasteiger partial charge in [-0.05, 0) is 18.4 Å². The molecule has 0 atom stereocenters. The van der Waals surface area contributed by atoms with E-state index in [1.807, 2.05) is 0 Å². The fourth-order valence-electron chi connectivity index (χ4n) is 1.22. The number of alkyl halides is 3. The monoisotopic (exact) mass is 298 g/mol. The van der Waals surface area contributed by atoms with Gasteiger partial charge < -0.3 is 0 Å². The van der Waals surface area contributed by atoms with E-state index in [4.69, 9.17) is 13.0 Å². The summed E-state index contributed by atoms with van der Waals surface area (Å²) in [5.74, 6) is 0. The van der Waals surface area contributed by atoms with Crippen LogP contribution in [0.25, 0.3) is 0 Å². The Bertz CT molecular complexity index is 441. The van der Waals surface area contributed by atoms with Gasteiger partial charge in [0.25, 0.3) is 0 Å². The van der Waals surface area contributed by atoms with E-state index in [9.17, 15) is 13.2 Å². The SMILES string of the molecule is CCCCCc1ccccc1.O=S(=O)(O)C(F)(F)F. The first kappa shape index (κ1) is 17.9. The van der Waals surface area contributed by atoms with Gasteiger partial charge in [-0.25, -0.2) is 0 Å². The first-order chi connectivity index (χ1) is 8.68. The fraction of sp³-hybridized carbons (Fsp3) is 0.500. The summed E-state index contributed by atoms with van der Waals surface area (Å²) >= 11 is 0. The Balaban J connectivity index is 0.000000362. The van der Waals surface area contributed by atoms with Crippen molar-refractivity contribution in [3.8, 4) is 0 Å². The van der Waals surface area contributed by atoms with Gasteiger partial charge in [-0.3, -0.25) is 4.55 Å². The summed E-state index contributed by atoms with van der Waals surface area (Å²) in [6, 6.07) is 10.7. The minimum Gasteiger partial charge on any atom is -0.279 e. The van der Waals surface area contributed by atoms with E-state index in [0.29, 0.717) is 0 Å². The zero-order valence-corrected chi connectivity index (χ0v) is 11.3. The summed E-state index contributed by atoms with van der Waals surface area (Å²) in [5.41, 5.74) is -4.06. The summed E-state index contributed by atoms with van der Waals surface area (Å²) in [6.07, 6.45) is 5.25. The Morgan fingerprint density at radius 3 is 1.95 bits per heavy atom. The Morgan fingerprint density at radius 2 is 1.58 bits per heavy atom. The maximum atomic E-state index is 10.7. The van der Waals surface area contributed by atoms with Crippen LogP contribution in [0.1, 0.15) is 31.7 Å². The van der Waals surface area contributed by atoms with Gasteiger partial charge in [0.1, 0.15) is 0 Å². The molecule has 0 bridgehead atoms. The van der Waals surface area contributed by atoms with Gasteiger partial charge >= 0.3 is 15.6 Å². The molecule has 0 unspecified atom stereocenters. The molecule has 0 amide bonds. The second kappa shape index (κ2) is 8.16. The minimum atomic E-state index is -5.84. The van der Waals surface area contributed by atoms with Crippen LogP contribution in [-0.2, 0) is 16.5 Å². The summed E-state index contributed by atoms with van der Waals surface area (Å²) in [6.45, 7) is 2.24. The third-order valence-electron chi connectivity index (χ3n) is 2.20. The molecule has 0 aromatic heterocycles. The molecule has 0 saturated carbocycles. The van der Waals surface area contributed by atoms with E-state index in [2.05, 4.69) is 37.3 Å². The van der Waals surface area contributed by atoms with Gasteiger partial charge in [-0.2, -0.15) is 21.6 Å². The highest BCUT2D eigenvalue weighted by atomic mass is 32.2. The molecule has 0 radical (unpaired) electrons. The van der Waals surface area contributed by atoms with E-state index in [-0.39, 0.29) is 0 Å². The number of aryl methyl sites for hydroxylation is 1. The van der Waals surface area contributed by atoms with Crippen LogP contribution in [0.5, 0.6) is 0 Å². The fourth-order valence-corrected chi connectivity index (χ4v) is 1.22. The molecular formula is C12H17F3O3S. The van der Waals surface area contributed by atoms with E-state index in [1.54, 1.807) is 0 Å². The molecule has 110 valence electrons. The van der Waals surface area contributed by atoms with Crippen LogP contribution in [0, 0.1) is 0 Å². The topological polar surface area (TPSA) is 54.4 Å². The van der Waals surface area contributed by atoms with E-state index in [0.717, 1.165) is 0 Å². The number of unbranched alkanes of at least 4 members (excludes halogenated alkanes) is 2. The van der Waals surface area contributed by atoms with Gasteiger partial charge in [0.2, 0.25) is 0 Å². The van der Waals surface area contributed by atoms with Crippen LogP contribution >= 0.6 is 0 Å². The average molecular weight is 298 g/mol. The highest BCUT2D eigenvalue weighted by molar-refractivity contribution is 7.86. The summed E-state index contributed by atoms with van der Waals surface area (Å²) < 4.78 is 57.5. The second-order valence-electron chi connectivity index (χ2n) is 3.86. The largest absolute Gasteiger partial charge is 0.522 e. The number of halogens is 3. The van der Waals surface area contributed by atoms with Crippen molar-refractivity contribution in [1.29, 1.82) is 0 Å². The third-order valence-corrected chi connectivity index (χ3v) is 2.79. The molecule has 1 N–H and O–H groups in total. The van der Waals surface area contributed by atoms with Crippen LogP contribution in [0.3, 0.4) is 0 Å². The number of hydrogen-bond acceptors (Lipinski definition) is 2. The smallest absolute Gasteiger partial charge is 0.279 e. The van der Waals surface area contributed by atoms with Crippen molar-refractivity contribution in [2.24, 2.45) is 0 Å². The van der Waals surface area contributed by atoms with E-state index >= 15 is 0 Å². The molecule has 0 spiro atoms. The zero-order valence-electron chi connectivity index (χ0n) is 10.5. The van der Waals surface area contributed by atoms with Crippen molar-refractivity contribution in [2.75, 3.05) is 0 Å². The quantitative estimate of drug-likeness (QED) is 0.522. The van der Waals surface area contributed by atoms with Crippen molar-refractivity contribution in [2.45, 2.75) is 38.1 Å². The van der Waals surface area contributed by atoms with Gasteiger partial charge in [-0.15, -0.1) is 0 Å². The predicted molar refractivity (Wildman–Crippen MR) is 67.3 cm³/mol. The normalized spacial score (nSPS) is 11.6. The zero-order chi connectivity index (χ0) is 14.9. The molecule has 0 aliphatic rings. The predicted octanol–water partition coefficient (Wildman–Crippen LogP) is 3.81. The lowest BCUT2D eigenvalue weighted by Gasteiger charge is -1.98. The standard InChI is InChI=1S/C11H16.CHF3O3S/c1-2-3-5-8-11-9-6-4-7-10-11;2-1(3,4)8(5,6)7/h4,6-7,9-10H,2-3,5,8H2,1H3;(H,5,6,7). The van der Waals surface area contributed by atoms with Crippen molar-refractivity contribution in [3.63, 3.8) is 0 Å². The molecule has 0 aliphatic carbocycles. The van der Waals surface area contributed by atoms with Crippen LogP contribution in [-0.4, -0.2) is 18.5 Å².